The van der Waals surface area contributed by atoms with Crippen LogP contribution in [0.25, 0.3) is 0 Å². The quantitative estimate of drug-likeness (QED) is 0.866. The molecule has 0 radical (unpaired) electrons. The van der Waals surface area contributed by atoms with Crippen LogP contribution in [0.5, 0.6) is 0 Å². The Labute approximate surface area is 138 Å². The van der Waals surface area contributed by atoms with Crippen LogP contribution in [0.1, 0.15) is 41.9 Å². The van der Waals surface area contributed by atoms with Crippen LogP contribution in [0.2, 0.25) is 4.34 Å². The summed E-state index contributed by atoms with van der Waals surface area (Å²) in [5.41, 5.74) is 2.10. The molecule has 0 aliphatic carbocycles. The molecule has 1 N–H and O–H groups in total. The first-order valence-electron chi connectivity index (χ1n) is 7.63. The van der Waals surface area contributed by atoms with E-state index in [-0.39, 0.29) is 11.6 Å². The second-order valence-corrected chi connectivity index (χ2v) is 7.86. The van der Waals surface area contributed by atoms with Crippen LogP contribution >= 0.6 is 22.9 Å². The van der Waals surface area contributed by atoms with E-state index in [0.29, 0.717) is 6.04 Å². The minimum atomic E-state index is -0.238. The average molecular weight is 336 g/mol. The Balaban J connectivity index is 1.73. The molecule has 1 saturated heterocycles. The zero-order valence-electron chi connectivity index (χ0n) is 12.4. The molecule has 2 aliphatic rings. The van der Waals surface area contributed by atoms with E-state index in [0.717, 1.165) is 35.9 Å². The van der Waals surface area contributed by atoms with Crippen molar-refractivity contribution < 1.29 is 4.74 Å². The summed E-state index contributed by atoms with van der Waals surface area (Å²) in [6.07, 6.45) is 4.51. The number of hydrogen-bond donors (Lipinski definition) is 1. The zero-order valence-corrected chi connectivity index (χ0v) is 14.0. The highest BCUT2D eigenvalue weighted by Gasteiger charge is 2.46. The van der Waals surface area contributed by atoms with Crippen LogP contribution in [-0.2, 0) is 16.8 Å². The highest BCUT2D eigenvalue weighted by atomic mass is 35.5. The molecule has 116 valence electrons. The van der Waals surface area contributed by atoms with Crippen LogP contribution < -0.4 is 5.32 Å². The van der Waals surface area contributed by atoms with Gasteiger partial charge in [0.05, 0.1) is 22.7 Å². The molecule has 4 heterocycles. The molecule has 6 heteroatoms. The molecular weight excluding hydrogens is 318 g/mol. The summed E-state index contributed by atoms with van der Waals surface area (Å²) in [4.78, 5) is 1.31. The van der Waals surface area contributed by atoms with Gasteiger partial charge in [-0.05, 0) is 43.5 Å². The molecule has 0 aromatic carbocycles. The van der Waals surface area contributed by atoms with E-state index in [1.807, 2.05) is 12.1 Å². The molecule has 22 heavy (non-hydrogen) atoms. The molecule has 1 fully saturated rings. The van der Waals surface area contributed by atoms with E-state index in [1.54, 1.807) is 17.5 Å². The van der Waals surface area contributed by atoms with Gasteiger partial charge < -0.3 is 10.1 Å². The van der Waals surface area contributed by atoms with Crippen molar-refractivity contribution in [2.45, 2.75) is 43.9 Å². The first-order chi connectivity index (χ1) is 10.7. The number of thiophene rings is 1. The number of piperidine rings is 1. The maximum absolute atomic E-state index is 6.33. The van der Waals surface area contributed by atoms with Gasteiger partial charge in [0.25, 0.3) is 0 Å². The van der Waals surface area contributed by atoms with E-state index in [4.69, 9.17) is 16.3 Å². The van der Waals surface area contributed by atoms with Gasteiger partial charge in [0.1, 0.15) is 5.60 Å². The summed E-state index contributed by atoms with van der Waals surface area (Å²) in [6.45, 7) is 2.97. The lowest BCUT2D eigenvalue weighted by Crippen LogP contribution is -2.49. The van der Waals surface area contributed by atoms with Crippen molar-refractivity contribution in [3.63, 3.8) is 0 Å². The molecule has 0 saturated carbocycles. The highest BCUT2D eigenvalue weighted by Crippen LogP contribution is 2.49. The highest BCUT2D eigenvalue weighted by molar-refractivity contribution is 7.16. The van der Waals surface area contributed by atoms with Crippen molar-refractivity contribution in [3.8, 4) is 0 Å². The molecular formula is C16H18ClN3OS. The Bertz CT molecular complexity index is 677. The standard InChI is InChI=1S/C16H18ClN3OS/c1-10-8-16(9-13(19-10)12-3-2-5-18-20-12)15-11(4-6-21-16)7-14(17)22-15/h2-3,5,7,10,13,19H,4,6,8-9H2,1H3. The summed E-state index contributed by atoms with van der Waals surface area (Å²) in [5, 5.41) is 11.9. The lowest BCUT2D eigenvalue weighted by Gasteiger charge is -2.45. The Morgan fingerprint density at radius 2 is 2.36 bits per heavy atom. The molecule has 3 atom stereocenters. The van der Waals surface area contributed by atoms with Gasteiger partial charge in [-0.1, -0.05) is 11.6 Å². The summed E-state index contributed by atoms with van der Waals surface area (Å²) in [7, 11) is 0. The van der Waals surface area contributed by atoms with Crippen molar-refractivity contribution in [1.29, 1.82) is 0 Å². The molecule has 2 aliphatic heterocycles. The molecule has 0 bridgehead atoms. The second kappa shape index (κ2) is 5.57. The first kappa shape index (κ1) is 14.6. The topological polar surface area (TPSA) is 47.0 Å². The summed E-state index contributed by atoms with van der Waals surface area (Å²) < 4.78 is 7.19. The second-order valence-electron chi connectivity index (χ2n) is 6.17. The number of fused-ring (bicyclic) bond motifs is 2. The molecule has 2 aromatic heterocycles. The lowest BCUT2D eigenvalue weighted by molar-refractivity contribution is -0.0958. The Hall–Kier alpha value is -1.01. The predicted molar refractivity (Wildman–Crippen MR) is 87.3 cm³/mol. The van der Waals surface area contributed by atoms with Gasteiger partial charge in [-0.15, -0.1) is 11.3 Å². The van der Waals surface area contributed by atoms with Crippen LogP contribution in [0, 0.1) is 0 Å². The van der Waals surface area contributed by atoms with Gasteiger partial charge in [-0.25, -0.2) is 0 Å². The van der Waals surface area contributed by atoms with Gasteiger partial charge >= 0.3 is 0 Å². The third-order valence-corrected chi connectivity index (χ3v) is 6.04. The van der Waals surface area contributed by atoms with Crippen LogP contribution in [-0.4, -0.2) is 22.8 Å². The average Bonchev–Trinajstić information content (AvgIpc) is 2.90. The molecule has 4 rings (SSSR count). The van der Waals surface area contributed by atoms with Crippen molar-refractivity contribution in [3.05, 3.63) is 44.9 Å². The van der Waals surface area contributed by atoms with Crippen molar-refractivity contribution in [1.82, 2.24) is 15.5 Å². The lowest BCUT2D eigenvalue weighted by atomic mass is 9.79. The van der Waals surface area contributed by atoms with Crippen molar-refractivity contribution >= 4 is 22.9 Å². The van der Waals surface area contributed by atoms with Crippen molar-refractivity contribution in [2.24, 2.45) is 0 Å². The Morgan fingerprint density at radius 3 is 3.18 bits per heavy atom. The number of rotatable bonds is 1. The van der Waals surface area contributed by atoms with E-state index in [1.165, 1.54) is 10.4 Å². The SMILES string of the molecule is CC1CC2(CC(c3cccnn3)N1)OCCc1cc(Cl)sc12. The number of aromatic nitrogens is 2. The third-order valence-electron chi connectivity index (χ3n) is 4.55. The minimum Gasteiger partial charge on any atom is -0.369 e. The van der Waals surface area contributed by atoms with E-state index < -0.39 is 0 Å². The van der Waals surface area contributed by atoms with Gasteiger partial charge in [-0.3, -0.25) is 0 Å². The van der Waals surface area contributed by atoms with Crippen LogP contribution in [0.4, 0.5) is 0 Å². The Kier molecular flexibility index (Phi) is 3.69. The van der Waals surface area contributed by atoms with Gasteiger partial charge in [0.15, 0.2) is 0 Å². The smallest absolute Gasteiger partial charge is 0.106 e. The minimum absolute atomic E-state index is 0.157. The fourth-order valence-corrected chi connectivity index (χ4v) is 5.21. The van der Waals surface area contributed by atoms with Crippen molar-refractivity contribution in [2.75, 3.05) is 6.61 Å². The van der Waals surface area contributed by atoms with Gasteiger partial charge in [-0.2, -0.15) is 10.2 Å². The molecule has 3 unspecified atom stereocenters. The number of nitrogens with one attached hydrogen (secondary N) is 1. The fourth-order valence-electron chi connectivity index (χ4n) is 3.75. The number of nitrogens with zero attached hydrogens (tertiary/aromatic N) is 2. The zero-order chi connectivity index (χ0) is 15.2. The monoisotopic (exact) mass is 335 g/mol. The number of ether oxygens (including phenoxy) is 1. The first-order valence-corrected chi connectivity index (χ1v) is 8.82. The maximum atomic E-state index is 6.33. The third kappa shape index (κ3) is 2.46. The summed E-state index contributed by atoms with van der Waals surface area (Å²) >= 11 is 7.94. The predicted octanol–water partition coefficient (Wildman–Crippen LogP) is 3.47. The fraction of sp³-hybridized carbons (Fsp3) is 0.500. The molecule has 4 nitrogen and oxygen atoms in total. The maximum Gasteiger partial charge on any atom is 0.106 e. The van der Waals surface area contributed by atoms with Gasteiger partial charge in [0.2, 0.25) is 0 Å². The largest absolute Gasteiger partial charge is 0.369 e. The normalized spacial score (nSPS) is 31.2. The molecule has 0 amide bonds. The molecule has 1 spiro atoms. The van der Waals surface area contributed by atoms with E-state index in [9.17, 15) is 0 Å². The molecule has 2 aromatic rings. The number of hydrogen-bond acceptors (Lipinski definition) is 5. The Morgan fingerprint density at radius 1 is 1.45 bits per heavy atom. The summed E-state index contributed by atoms with van der Waals surface area (Å²) in [6, 6.07) is 6.58. The van der Waals surface area contributed by atoms with E-state index in [2.05, 4.69) is 28.5 Å². The van der Waals surface area contributed by atoms with Gasteiger partial charge in [0, 0.05) is 23.5 Å². The van der Waals surface area contributed by atoms with E-state index >= 15 is 0 Å². The summed E-state index contributed by atoms with van der Waals surface area (Å²) in [5.74, 6) is 0. The number of halogens is 1. The van der Waals surface area contributed by atoms with Crippen LogP contribution in [0.3, 0.4) is 0 Å². The van der Waals surface area contributed by atoms with Crippen LogP contribution in [0.15, 0.2) is 24.4 Å².